The van der Waals surface area contributed by atoms with Crippen LogP contribution < -0.4 is 0 Å². The van der Waals surface area contributed by atoms with Gasteiger partial charge in [-0.15, -0.1) is 0 Å². The van der Waals surface area contributed by atoms with Gasteiger partial charge in [0.2, 0.25) is 0 Å². The number of benzene rings is 1. The maximum atomic E-state index is 13.4. The van der Waals surface area contributed by atoms with E-state index >= 15 is 0 Å². The van der Waals surface area contributed by atoms with Crippen LogP contribution in [0.5, 0.6) is 0 Å². The molecule has 0 fully saturated rings. The van der Waals surface area contributed by atoms with E-state index < -0.39 is 5.97 Å². The summed E-state index contributed by atoms with van der Waals surface area (Å²) in [5.41, 5.74) is 0.629. The fraction of sp³-hybridized carbons (Fsp3) is 0.462. The van der Waals surface area contributed by atoms with Gasteiger partial charge in [0.15, 0.2) is 0 Å². The number of carbonyl (C=O) groups is 1. The summed E-state index contributed by atoms with van der Waals surface area (Å²) in [6.45, 7) is 4.45. The van der Waals surface area contributed by atoms with Crippen molar-refractivity contribution in [3.8, 4) is 0 Å². The molecule has 1 rings (SSSR count). The Labute approximate surface area is 101 Å². The van der Waals surface area contributed by atoms with Gasteiger partial charge in [0.05, 0.1) is 6.54 Å². The summed E-state index contributed by atoms with van der Waals surface area (Å²) < 4.78 is 13.4. The molecule has 4 heteroatoms. The number of halogens is 1. The first-order chi connectivity index (χ1) is 8.04. The van der Waals surface area contributed by atoms with Gasteiger partial charge in [0.25, 0.3) is 0 Å². The lowest BCUT2D eigenvalue weighted by Crippen LogP contribution is -2.38. The van der Waals surface area contributed by atoms with Crippen molar-refractivity contribution in [3.63, 3.8) is 0 Å². The fourth-order valence-electron chi connectivity index (χ4n) is 1.86. The molecule has 1 N–H and O–H groups in total. The number of likely N-dealkylation sites (N-methyl/N-ethyl adjacent to an activating group) is 1. The minimum absolute atomic E-state index is 0.00741. The van der Waals surface area contributed by atoms with Gasteiger partial charge in [-0.25, -0.2) is 4.39 Å². The number of hydrogen-bond acceptors (Lipinski definition) is 2. The second kappa shape index (κ2) is 6.35. The van der Waals surface area contributed by atoms with Crippen molar-refractivity contribution < 1.29 is 14.3 Å². The van der Waals surface area contributed by atoms with Crippen molar-refractivity contribution in [2.75, 3.05) is 13.1 Å². The fourth-order valence-corrected chi connectivity index (χ4v) is 1.86. The van der Waals surface area contributed by atoms with Crippen LogP contribution >= 0.6 is 0 Å². The van der Waals surface area contributed by atoms with Crippen molar-refractivity contribution in [1.82, 2.24) is 4.90 Å². The van der Waals surface area contributed by atoms with Crippen molar-refractivity contribution in [3.05, 3.63) is 35.6 Å². The molecule has 1 aromatic carbocycles. The third-order valence-electron chi connectivity index (χ3n) is 2.84. The van der Waals surface area contributed by atoms with E-state index in [1.54, 1.807) is 18.2 Å². The molecule has 1 unspecified atom stereocenters. The molecule has 0 saturated heterocycles. The van der Waals surface area contributed by atoms with E-state index in [1.807, 2.05) is 18.7 Å². The molecule has 0 aliphatic rings. The summed E-state index contributed by atoms with van der Waals surface area (Å²) in [4.78, 5) is 12.5. The molecule has 94 valence electrons. The second-order valence-electron chi connectivity index (χ2n) is 4.10. The Morgan fingerprint density at radius 2 is 2.12 bits per heavy atom. The SMILES string of the molecule is CCN(CC(=O)O)C(C)Cc1ccccc1F. The average Bonchev–Trinajstić information content (AvgIpc) is 2.28. The molecule has 0 amide bonds. The minimum atomic E-state index is -0.854. The Morgan fingerprint density at radius 3 is 2.65 bits per heavy atom. The van der Waals surface area contributed by atoms with E-state index in [-0.39, 0.29) is 18.4 Å². The van der Waals surface area contributed by atoms with Gasteiger partial charge < -0.3 is 5.11 Å². The number of carboxylic acid groups (broad SMARTS) is 1. The summed E-state index contributed by atoms with van der Waals surface area (Å²) in [6.07, 6.45) is 0.522. The zero-order chi connectivity index (χ0) is 12.8. The number of carboxylic acids is 1. The molecular formula is C13H18FNO2. The Balaban J connectivity index is 2.67. The van der Waals surface area contributed by atoms with Crippen molar-refractivity contribution in [2.45, 2.75) is 26.3 Å². The number of hydrogen-bond donors (Lipinski definition) is 1. The van der Waals surface area contributed by atoms with Gasteiger partial charge in [0, 0.05) is 6.04 Å². The smallest absolute Gasteiger partial charge is 0.317 e. The topological polar surface area (TPSA) is 40.5 Å². The standard InChI is InChI=1S/C13H18FNO2/c1-3-15(9-13(16)17)10(2)8-11-6-4-5-7-12(11)14/h4-7,10H,3,8-9H2,1-2H3,(H,16,17). The van der Waals surface area contributed by atoms with Crippen molar-refractivity contribution in [2.24, 2.45) is 0 Å². The van der Waals surface area contributed by atoms with Crippen molar-refractivity contribution >= 4 is 5.97 Å². The van der Waals surface area contributed by atoms with Crippen LogP contribution in [0.1, 0.15) is 19.4 Å². The molecule has 17 heavy (non-hydrogen) atoms. The van der Waals surface area contributed by atoms with Crippen LogP contribution in [-0.4, -0.2) is 35.1 Å². The van der Waals surface area contributed by atoms with E-state index in [1.165, 1.54) is 6.07 Å². The molecular weight excluding hydrogens is 221 g/mol. The summed E-state index contributed by atoms with van der Waals surface area (Å²) in [5.74, 6) is -1.09. The van der Waals surface area contributed by atoms with Crippen LogP contribution in [0.2, 0.25) is 0 Å². The minimum Gasteiger partial charge on any atom is -0.480 e. The van der Waals surface area contributed by atoms with Gasteiger partial charge in [-0.05, 0) is 31.5 Å². The van der Waals surface area contributed by atoms with Gasteiger partial charge in [-0.3, -0.25) is 9.69 Å². The zero-order valence-electron chi connectivity index (χ0n) is 10.2. The monoisotopic (exact) mass is 239 g/mol. The summed E-state index contributed by atoms with van der Waals surface area (Å²) in [7, 11) is 0. The molecule has 1 aromatic rings. The predicted octanol–water partition coefficient (Wildman–Crippen LogP) is 2.16. The summed E-state index contributed by atoms with van der Waals surface area (Å²) in [5, 5.41) is 8.77. The first kappa shape index (κ1) is 13.6. The van der Waals surface area contributed by atoms with Crippen molar-refractivity contribution in [1.29, 1.82) is 0 Å². The molecule has 0 aromatic heterocycles. The van der Waals surface area contributed by atoms with Gasteiger partial charge in [-0.2, -0.15) is 0 Å². The van der Waals surface area contributed by atoms with Crippen LogP contribution in [0.4, 0.5) is 4.39 Å². The highest BCUT2D eigenvalue weighted by atomic mass is 19.1. The van der Waals surface area contributed by atoms with Gasteiger partial charge in [0.1, 0.15) is 5.82 Å². The van der Waals surface area contributed by atoms with E-state index in [9.17, 15) is 9.18 Å². The average molecular weight is 239 g/mol. The van der Waals surface area contributed by atoms with Crippen LogP contribution in [0.15, 0.2) is 24.3 Å². The summed E-state index contributed by atoms with van der Waals surface area (Å²) in [6, 6.07) is 6.61. The highest BCUT2D eigenvalue weighted by molar-refractivity contribution is 5.69. The third-order valence-corrected chi connectivity index (χ3v) is 2.84. The van der Waals surface area contributed by atoms with Crippen LogP contribution in [0.3, 0.4) is 0 Å². The first-order valence-corrected chi connectivity index (χ1v) is 5.73. The second-order valence-corrected chi connectivity index (χ2v) is 4.10. The highest BCUT2D eigenvalue weighted by Crippen LogP contribution is 2.12. The number of aliphatic carboxylic acids is 1. The predicted molar refractivity (Wildman–Crippen MR) is 64.4 cm³/mol. The van der Waals surface area contributed by atoms with Gasteiger partial charge >= 0.3 is 5.97 Å². The Hall–Kier alpha value is -1.42. The molecule has 0 saturated carbocycles. The summed E-state index contributed by atoms with van der Waals surface area (Å²) >= 11 is 0. The Bertz CT molecular complexity index is 381. The van der Waals surface area contributed by atoms with Crippen LogP contribution in [-0.2, 0) is 11.2 Å². The molecule has 3 nitrogen and oxygen atoms in total. The van der Waals surface area contributed by atoms with E-state index in [0.29, 0.717) is 18.5 Å². The lowest BCUT2D eigenvalue weighted by atomic mass is 10.1. The first-order valence-electron chi connectivity index (χ1n) is 5.73. The lowest BCUT2D eigenvalue weighted by Gasteiger charge is -2.26. The van der Waals surface area contributed by atoms with Gasteiger partial charge in [-0.1, -0.05) is 25.1 Å². The maximum absolute atomic E-state index is 13.4. The van der Waals surface area contributed by atoms with Crippen LogP contribution in [0, 0.1) is 5.82 Å². The molecule has 0 aliphatic carbocycles. The van der Waals surface area contributed by atoms with Crippen LogP contribution in [0.25, 0.3) is 0 Å². The molecule has 0 heterocycles. The number of nitrogens with zero attached hydrogens (tertiary/aromatic N) is 1. The number of rotatable bonds is 6. The van der Waals surface area contributed by atoms with E-state index in [2.05, 4.69) is 0 Å². The van der Waals surface area contributed by atoms with E-state index in [4.69, 9.17) is 5.11 Å². The Kier molecular flexibility index (Phi) is 5.10. The molecule has 0 aliphatic heterocycles. The third kappa shape index (κ3) is 4.15. The molecule has 0 bridgehead atoms. The molecule has 1 atom stereocenters. The quantitative estimate of drug-likeness (QED) is 0.827. The van der Waals surface area contributed by atoms with E-state index in [0.717, 1.165) is 0 Å². The highest BCUT2D eigenvalue weighted by Gasteiger charge is 2.16. The zero-order valence-corrected chi connectivity index (χ0v) is 10.2. The lowest BCUT2D eigenvalue weighted by molar-refractivity contribution is -0.138. The molecule has 0 radical (unpaired) electrons. The Morgan fingerprint density at radius 1 is 1.47 bits per heavy atom. The largest absolute Gasteiger partial charge is 0.480 e. The molecule has 0 spiro atoms. The normalized spacial score (nSPS) is 12.7. The maximum Gasteiger partial charge on any atom is 0.317 e.